The molecule has 2 heterocycles. The molecule has 0 bridgehead atoms. The summed E-state index contributed by atoms with van der Waals surface area (Å²) >= 11 is 1.29. The fourth-order valence-electron chi connectivity index (χ4n) is 4.07. The summed E-state index contributed by atoms with van der Waals surface area (Å²) in [5.74, 6) is -0.313. The van der Waals surface area contributed by atoms with Gasteiger partial charge in [0, 0.05) is 25.0 Å². The Balaban J connectivity index is 1.60. The topological polar surface area (TPSA) is 121 Å². The Morgan fingerprint density at radius 2 is 1.69 bits per heavy atom. The molecular formula is C25H27N5O4S. The Morgan fingerprint density at radius 1 is 1.03 bits per heavy atom. The second-order valence-electron chi connectivity index (χ2n) is 8.30. The molecule has 35 heavy (non-hydrogen) atoms. The van der Waals surface area contributed by atoms with Gasteiger partial charge in [-0.2, -0.15) is 0 Å². The van der Waals surface area contributed by atoms with Gasteiger partial charge < -0.3 is 15.5 Å². The van der Waals surface area contributed by atoms with Gasteiger partial charge in [0.2, 0.25) is 5.91 Å². The van der Waals surface area contributed by atoms with E-state index < -0.39 is 17.2 Å². The summed E-state index contributed by atoms with van der Waals surface area (Å²) in [5, 5.41) is 0. The number of carbonyl (C=O) groups is 2. The molecule has 0 radical (unpaired) electrons. The number of hydrogen-bond acceptors (Lipinski definition) is 6. The van der Waals surface area contributed by atoms with Crippen LogP contribution in [0.1, 0.15) is 28.8 Å². The molecular weight excluding hydrogens is 466 g/mol. The summed E-state index contributed by atoms with van der Waals surface area (Å²) in [6.45, 7) is 1.68. The molecule has 2 aromatic carbocycles. The molecule has 0 atom stereocenters. The van der Waals surface area contributed by atoms with Crippen LogP contribution in [0.15, 0.2) is 69.1 Å². The number of nitrogens with two attached hydrogens (primary N) is 1. The van der Waals surface area contributed by atoms with E-state index in [1.54, 1.807) is 24.3 Å². The van der Waals surface area contributed by atoms with E-state index in [9.17, 15) is 19.2 Å². The molecule has 3 N–H and O–H groups in total. The van der Waals surface area contributed by atoms with Crippen LogP contribution in [0.5, 0.6) is 0 Å². The maximum absolute atomic E-state index is 13.4. The first-order chi connectivity index (χ1) is 16.9. The average Bonchev–Trinajstić information content (AvgIpc) is 3.40. The number of likely N-dealkylation sites (tertiary alicyclic amines) is 1. The van der Waals surface area contributed by atoms with E-state index >= 15 is 0 Å². The van der Waals surface area contributed by atoms with Gasteiger partial charge in [0.25, 0.3) is 11.5 Å². The van der Waals surface area contributed by atoms with Crippen molar-refractivity contribution in [1.82, 2.24) is 14.5 Å². The first-order valence-corrected chi connectivity index (χ1v) is 12.3. The van der Waals surface area contributed by atoms with E-state index in [0.29, 0.717) is 10.5 Å². The van der Waals surface area contributed by atoms with E-state index in [0.717, 1.165) is 36.4 Å². The predicted molar refractivity (Wildman–Crippen MR) is 137 cm³/mol. The van der Waals surface area contributed by atoms with Crippen LogP contribution in [0.2, 0.25) is 0 Å². The molecule has 1 aromatic heterocycles. The monoisotopic (exact) mass is 493 g/mol. The Hall–Kier alpha value is -3.79. The number of benzene rings is 2. The maximum Gasteiger partial charge on any atom is 0.330 e. The largest absolute Gasteiger partial charge is 0.383 e. The summed E-state index contributed by atoms with van der Waals surface area (Å²) in [4.78, 5) is 57.0. The van der Waals surface area contributed by atoms with Gasteiger partial charge in [0.05, 0.1) is 17.9 Å². The second kappa shape index (κ2) is 10.6. The zero-order valence-electron chi connectivity index (χ0n) is 19.4. The molecule has 0 unspecified atom stereocenters. The summed E-state index contributed by atoms with van der Waals surface area (Å²) in [6, 6.07) is 16.1. The van der Waals surface area contributed by atoms with Gasteiger partial charge in [-0.15, -0.1) is 11.8 Å². The maximum atomic E-state index is 13.4. The number of nitrogens with one attached hydrogen (secondary N) is 1. The van der Waals surface area contributed by atoms with Crippen LogP contribution in [0.25, 0.3) is 0 Å². The number of nitrogen functional groups attached to an aromatic ring is 1. The number of amides is 2. The highest BCUT2D eigenvalue weighted by Crippen LogP contribution is 2.27. The third-order valence-electron chi connectivity index (χ3n) is 5.97. The first kappa shape index (κ1) is 24.3. The SMILES string of the molecule is CN(C(=O)c1ccccc1SCC(=O)N1CCCC1)c1c(N)n(Cc2ccccc2)c(=O)[nH]c1=O. The fraction of sp³-hybridized carbons (Fsp3) is 0.280. The molecule has 1 fully saturated rings. The van der Waals surface area contributed by atoms with Crippen LogP contribution >= 0.6 is 11.8 Å². The van der Waals surface area contributed by atoms with E-state index in [1.807, 2.05) is 35.2 Å². The van der Waals surface area contributed by atoms with Crippen LogP contribution in [0.3, 0.4) is 0 Å². The molecule has 10 heteroatoms. The summed E-state index contributed by atoms with van der Waals surface area (Å²) < 4.78 is 1.23. The lowest BCUT2D eigenvalue weighted by molar-refractivity contribution is -0.127. The standard InChI is InChI=1S/C25H27N5O4S/c1-28(21-22(26)30(25(34)27-23(21)32)15-17-9-3-2-4-10-17)24(33)18-11-5-6-12-19(18)35-16-20(31)29-13-7-8-14-29/h2-6,9-12H,7-8,13-16,26H2,1H3,(H,27,32,34). The van der Waals surface area contributed by atoms with Crippen LogP contribution in [-0.4, -0.2) is 52.2 Å². The smallest absolute Gasteiger partial charge is 0.330 e. The molecule has 9 nitrogen and oxygen atoms in total. The molecule has 2 amide bonds. The van der Waals surface area contributed by atoms with Crippen molar-refractivity contribution in [3.05, 3.63) is 86.6 Å². The number of anilines is 2. The van der Waals surface area contributed by atoms with Gasteiger partial charge >= 0.3 is 5.69 Å². The average molecular weight is 494 g/mol. The second-order valence-corrected chi connectivity index (χ2v) is 9.32. The van der Waals surface area contributed by atoms with Crippen molar-refractivity contribution in [2.45, 2.75) is 24.3 Å². The number of aromatic amines is 1. The van der Waals surface area contributed by atoms with Crippen LogP contribution in [-0.2, 0) is 11.3 Å². The molecule has 0 spiro atoms. The molecule has 1 aliphatic rings. The van der Waals surface area contributed by atoms with Gasteiger partial charge in [0.1, 0.15) is 5.82 Å². The molecule has 3 aromatic rings. The lowest BCUT2D eigenvalue weighted by atomic mass is 10.2. The molecule has 0 aliphatic carbocycles. The van der Waals surface area contributed by atoms with Crippen molar-refractivity contribution in [2.24, 2.45) is 0 Å². The van der Waals surface area contributed by atoms with Crippen molar-refractivity contribution in [3.63, 3.8) is 0 Å². The highest BCUT2D eigenvalue weighted by molar-refractivity contribution is 8.00. The van der Waals surface area contributed by atoms with Crippen molar-refractivity contribution < 1.29 is 9.59 Å². The number of hydrogen-bond donors (Lipinski definition) is 2. The minimum absolute atomic E-state index is 0.0387. The third-order valence-corrected chi connectivity index (χ3v) is 7.02. The van der Waals surface area contributed by atoms with Crippen molar-refractivity contribution >= 4 is 35.1 Å². The quantitative estimate of drug-likeness (QED) is 0.487. The molecule has 4 rings (SSSR count). The zero-order chi connectivity index (χ0) is 24.9. The molecule has 182 valence electrons. The minimum Gasteiger partial charge on any atom is -0.383 e. The van der Waals surface area contributed by atoms with Gasteiger partial charge in [-0.1, -0.05) is 42.5 Å². The molecule has 1 saturated heterocycles. The zero-order valence-corrected chi connectivity index (χ0v) is 20.2. The summed E-state index contributed by atoms with van der Waals surface area (Å²) in [7, 11) is 1.44. The fourth-order valence-corrected chi connectivity index (χ4v) is 5.02. The van der Waals surface area contributed by atoms with E-state index in [2.05, 4.69) is 4.98 Å². The number of H-pyrrole nitrogens is 1. The summed E-state index contributed by atoms with van der Waals surface area (Å²) in [5.41, 5.74) is 5.89. The van der Waals surface area contributed by atoms with E-state index in [-0.39, 0.29) is 29.7 Å². The Morgan fingerprint density at radius 3 is 2.40 bits per heavy atom. The third kappa shape index (κ3) is 5.32. The van der Waals surface area contributed by atoms with Crippen molar-refractivity contribution in [1.29, 1.82) is 0 Å². The van der Waals surface area contributed by atoms with Crippen LogP contribution in [0.4, 0.5) is 11.5 Å². The first-order valence-electron chi connectivity index (χ1n) is 11.3. The summed E-state index contributed by atoms with van der Waals surface area (Å²) in [6.07, 6.45) is 2.03. The number of carbonyl (C=O) groups excluding carboxylic acids is 2. The molecule has 0 saturated carbocycles. The van der Waals surface area contributed by atoms with E-state index in [1.165, 1.54) is 23.4 Å². The Bertz CT molecular complexity index is 1350. The van der Waals surface area contributed by atoms with Gasteiger partial charge in [-0.3, -0.25) is 23.9 Å². The highest BCUT2D eigenvalue weighted by atomic mass is 32.2. The van der Waals surface area contributed by atoms with Gasteiger partial charge in [0.15, 0.2) is 5.69 Å². The lowest BCUT2D eigenvalue weighted by Gasteiger charge is -2.21. The van der Waals surface area contributed by atoms with Crippen molar-refractivity contribution in [3.8, 4) is 0 Å². The van der Waals surface area contributed by atoms with Crippen LogP contribution in [0, 0.1) is 0 Å². The predicted octanol–water partition coefficient (Wildman–Crippen LogP) is 2.16. The number of rotatable bonds is 7. The minimum atomic E-state index is -0.748. The van der Waals surface area contributed by atoms with Crippen molar-refractivity contribution in [2.75, 3.05) is 36.5 Å². The number of thioether (sulfide) groups is 1. The molecule has 1 aliphatic heterocycles. The number of nitrogens with zero attached hydrogens (tertiary/aromatic N) is 3. The normalized spacial score (nSPS) is 13.1. The van der Waals surface area contributed by atoms with Gasteiger partial charge in [-0.05, 0) is 30.5 Å². The highest BCUT2D eigenvalue weighted by Gasteiger charge is 2.25. The Kier molecular flexibility index (Phi) is 7.40. The van der Waals surface area contributed by atoms with E-state index in [4.69, 9.17) is 5.73 Å². The van der Waals surface area contributed by atoms with Crippen LogP contribution < -0.4 is 21.9 Å². The number of aromatic nitrogens is 2. The Labute approximate surface area is 206 Å². The lowest BCUT2D eigenvalue weighted by Crippen LogP contribution is -2.39. The van der Waals surface area contributed by atoms with Gasteiger partial charge in [-0.25, -0.2) is 4.79 Å².